The van der Waals surface area contributed by atoms with Crippen molar-refractivity contribution in [3.63, 3.8) is 0 Å². The Kier molecular flexibility index (Phi) is 2.70. The second-order valence-electron chi connectivity index (χ2n) is 3.08. The Morgan fingerprint density at radius 2 is 2.33 bits per heavy atom. The fourth-order valence-electron chi connectivity index (χ4n) is 1.37. The average molecular weight is 292 g/mol. The van der Waals surface area contributed by atoms with Crippen molar-refractivity contribution in [2.45, 2.75) is 6.42 Å². The molecule has 1 fully saturated rings. The van der Waals surface area contributed by atoms with Gasteiger partial charge in [0.15, 0.2) is 3.92 Å². The van der Waals surface area contributed by atoms with Gasteiger partial charge < -0.3 is 5.11 Å². The summed E-state index contributed by atoms with van der Waals surface area (Å²) in [6.07, 6.45) is 0.0343. The van der Waals surface area contributed by atoms with Crippen molar-refractivity contribution in [3.05, 3.63) is 3.92 Å². The van der Waals surface area contributed by atoms with Gasteiger partial charge >= 0.3 is 5.97 Å². The molecule has 8 heteroatoms. The number of carboxylic acid groups (broad SMARTS) is 1. The summed E-state index contributed by atoms with van der Waals surface area (Å²) in [5, 5.41) is 16.7. The average Bonchev–Trinajstić information content (AvgIpc) is 2.71. The van der Waals surface area contributed by atoms with Gasteiger partial charge in [-0.2, -0.15) is 0 Å². The summed E-state index contributed by atoms with van der Waals surface area (Å²) in [7, 11) is 0. The molecule has 0 aliphatic carbocycles. The minimum absolute atomic E-state index is 0.0343. The largest absolute Gasteiger partial charge is 0.481 e. The van der Waals surface area contributed by atoms with Gasteiger partial charge in [0, 0.05) is 13.0 Å². The molecule has 15 heavy (non-hydrogen) atoms. The molecular formula is C7H6BrN3O3S. The van der Waals surface area contributed by atoms with Crippen LogP contribution in [0.4, 0.5) is 5.13 Å². The molecule has 1 aromatic heterocycles. The molecule has 1 aromatic rings. The van der Waals surface area contributed by atoms with E-state index >= 15 is 0 Å². The third-order valence-corrected chi connectivity index (χ3v) is 3.47. The number of aromatic nitrogens is 2. The summed E-state index contributed by atoms with van der Waals surface area (Å²) in [6, 6.07) is 0. The summed E-state index contributed by atoms with van der Waals surface area (Å²) in [6.45, 7) is 0.176. The van der Waals surface area contributed by atoms with Gasteiger partial charge in [-0.05, 0) is 15.9 Å². The minimum Gasteiger partial charge on any atom is -0.481 e. The van der Waals surface area contributed by atoms with Crippen molar-refractivity contribution in [2.24, 2.45) is 5.92 Å². The van der Waals surface area contributed by atoms with Gasteiger partial charge in [-0.15, -0.1) is 10.2 Å². The highest BCUT2D eigenvalue weighted by Gasteiger charge is 2.36. The van der Waals surface area contributed by atoms with E-state index in [1.54, 1.807) is 0 Å². The van der Waals surface area contributed by atoms with Gasteiger partial charge in [0.2, 0.25) is 11.0 Å². The van der Waals surface area contributed by atoms with Crippen LogP contribution in [0, 0.1) is 5.92 Å². The summed E-state index contributed by atoms with van der Waals surface area (Å²) >= 11 is 4.34. The maximum Gasteiger partial charge on any atom is 0.308 e. The van der Waals surface area contributed by atoms with Crippen LogP contribution in [0.2, 0.25) is 0 Å². The van der Waals surface area contributed by atoms with Crippen molar-refractivity contribution in [1.29, 1.82) is 0 Å². The first-order valence-corrected chi connectivity index (χ1v) is 5.71. The second-order valence-corrected chi connectivity index (χ2v) is 5.31. The highest BCUT2D eigenvalue weighted by atomic mass is 79.9. The number of hydrogen-bond donors (Lipinski definition) is 1. The van der Waals surface area contributed by atoms with E-state index in [4.69, 9.17) is 5.11 Å². The number of nitrogens with zero attached hydrogens (tertiary/aromatic N) is 3. The molecule has 1 amide bonds. The molecule has 1 N–H and O–H groups in total. The van der Waals surface area contributed by atoms with Gasteiger partial charge in [0.1, 0.15) is 0 Å². The highest BCUT2D eigenvalue weighted by Crippen LogP contribution is 2.29. The molecule has 0 saturated carbocycles. The molecule has 1 aliphatic rings. The Labute approximate surface area is 97.0 Å². The minimum atomic E-state index is -0.950. The lowest BCUT2D eigenvalue weighted by atomic mass is 10.1. The Morgan fingerprint density at radius 3 is 2.80 bits per heavy atom. The van der Waals surface area contributed by atoms with Gasteiger partial charge in [0.25, 0.3) is 0 Å². The molecule has 0 spiro atoms. The van der Waals surface area contributed by atoms with Crippen molar-refractivity contribution in [1.82, 2.24) is 10.2 Å². The standard InChI is InChI=1S/C7H6BrN3O3S/c8-6-9-10-7(15-6)11-2-3(5(13)14)1-4(11)12/h3H,1-2H2,(H,13,14). The van der Waals surface area contributed by atoms with Crippen LogP contribution < -0.4 is 4.90 Å². The first kappa shape index (κ1) is 10.5. The number of aliphatic carboxylic acids is 1. The van der Waals surface area contributed by atoms with Crippen LogP contribution >= 0.6 is 27.3 Å². The molecule has 1 aliphatic heterocycles. The van der Waals surface area contributed by atoms with E-state index in [-0.39, 0.29) is 18.9 Å². The van der Waals surface area contributed by atoms with Gasteiger partial charge in [-0.25, -0.2) is 0 Å². The van der Waals surface area contributed by atoms with Crippen LogP contribution in [0.3, 0.4) is 0 Å². The zero-order valence-electron chi connectivity index (χ0n) is 7.38. The van der Waals surface area contributed by atoms with Crippen LogP contribution in [0.1, 0.15) is 6.42 Å². The normalized spacial score (nSPS) is 21.0. The molecular weight excluding hydrogens is 286 g/mol. The fourth-order valence-corrected chi connectivity index (χ4v) is 2.48. The lowest BCUT2D eigenvalue weighted by Crippen LogP contribution is -2.25. The number of carbonyl (C=O) groups is 2. The number of amides is 1. The zero-order chi connectivity index (χ0) is 11.0. The van der Waals surface area contributed by atoms with Crippen LogP contribution in [-0.2, 0) is 9.59 Å². The van der Waals surface area contributed by atoms with E-state index < -0.39 is 11.9 Å². The van der Waals surface area contributed by atoms with Gasteiger partial charge in [-0.3, -0.25) is 14.5 Å². The maximum absolute atomic E-state index is 11.5. The number of halogens is 1. The van der Waals surface area contributed by atoms with Gasteiger partial charge in [0.05, 0.1) is 5.92 Å². The smallest absolute Gasteiger partial charge is 0.308 e. The second kappa shape index (κ2) is 3.86. The Morgan fingerprint density at radius 1 is 1.60 bits per heavy atom. The molecule has 0 bridgehead atoms. The number of rotatable bonds is 2. The Hall–Kier alpha value is -1.02. The predicted octanol–water partition coefficient (Wildman–Crippen LogP) is 0.738. The molecule has 2 rings (SSSR count). The first-order valence-electron chi connectivity index (χ1n) is 4.10. The number of anilines is 1. The molecule has 0 radical (unpaired) electrons. The molecule has 2 heterocycles. The Bertz CT molecular complexity index is 421. The SMILES string of the molecule is O=C(O)C1CC(=O)N(c2nnc(Br)s2)C1. The van der Waals surface area contributed by atoms with E-state index in [0.717, 1.165) is 0 Å². The first-order chi connectivity index (χ1) is 7.08. The van der Waals surface area contributed by atoms with E-state index in [9.17, 15) is 9.59 Å². The number of carboxylic acids is 1. The third-order valence-electron chi connectivity index (χ3n) is 2.09. The quantitative estimate of drug-likeness (QED) is 0.869. The van der Waals surface area contributed by atoms with Crippen molar-refractivity contribution >= 4 is 44.3 Å². The summed E-state index contributed by atoms with van der Waals surface area (Å²) in [5.41, 5.74) is 0. The van der Waals surface area contributed by atoms with Crippen molar-refractivity contribution in [3.8, 4) is 0 Å². The lowest BCUT2D eigenvalue weighted by molar-refractivity contribution is -0.141. The molecule has 1 atom stereocenters. The molecule has 0 aromatic carbocycles. The fraction of sp³-hybridized carbons (Fsp3) is 0.429. The van der Waals surface area contributed by atoms with E-state index in [1.807, 2.05) is 0 Å². The van der Waals surface area contributed by atoms with Crippen LogP contribution in [-0.4, -0.2) is 33.7 Å². The Balaban J connectivity index is 2.18. The van der Waals surface area contributed by atoms with Crippen LogP contribution in [0.25, 0.3) is 0 Å². The lowest BCUT2D eigenvalue weighted by Gasteiger charge is -2.09. The van der Waals surface area contributed by atoms with E-state index in [1.165, 1.54) is 16.2 Å². The summed E-state index contributed by atoms with van der Waals surface area (Å²) in [4.78, 5) is 23.6. The highest BCUT2D eigenvalue weighted by molar-refractivity contribution is 9.11. The number of carbonyl (C=O) groups excluding carboxylic acids is 1. The van der Waals surface area contributed by atoms with Crippen molar-refractivity contribution < 1.29 is 14.7 Å². The molecule has 80 valence electrons. The van der Waals surface area contributed by atoms with Gasteiger partial charge in [-0.1, -0.05) is 11.3 Å². The monoisotopic (exact) mass is 291 g/mol. The van der Waals surface area contributed by atoms with E-state index in [2.05, 4.69) is 26.1 Å². The van der Waals surface area contributed by atoms with Crippen LogP contribution in [0.5, 0.6) is 0 Å². The number of hydrogen-bond acceptors (Lipinski definition) is 5. The molecule has 1 saturated heterocycles. The van der Waals surface area contributed by atoms with E-state index in [0.29, 0.717) is 9.05 Å². The van der Waals surface area contributed by atoms with Crippen molar-refractivity contribution in [2.75, 3.05) is 11.4 Å². The topological polar surface area (TPSA) is 83.4 Å². The molecule has 6 nitrogen and oxygen atoms in total. The summed E-state index contributed by atoms with van der Waals surface area (Å²) in [5.74, 6) is -1.80. The maximum atomic E-state index is 11.5. The summed E-state index contributed by atoms with van der Waals surface area (Å²) < 4.78 is 0.573. The predicted molar refractivity (Wildman–Crippen MR) is 55.7 cm³/mol. The molecule has 1 unspecified atom stereocenters. The van der Waals surface area contributed by atoms with Crippen LogP contribution in [0.15, 0.2) is 3.92 Å². The zero-order valence-corrected chi connectivity index (χ0v) is 9.79. The third kappa shape index (κ3) is 2.00.